The molecule has 0 fully saturated rings. The van der Waals surface area contributed by atoms with Crippen molar-refractivity contribution in [3.8, 4) is 0 Å². The molecule has 0 bridgehead atoms. The van der Waals surface area contributed by atoms with Gasteiger partial charge in [0.2, 0.25) is 5.91 Å². The molecule has 1 amide bonds. The molecule has 454 valence electrons. The van der Waals surface area contributed by atoms with Gasteiger partial charge >= 0.3 is 0 Å². The molecular formula is C74H135NO3. The van der Waals surface area contributed by atoms with Gasteiger partial charge in [-0.25, -0.2) is 0 Å². The number of carbonyl (C=O) groups excluding carboxylic acids is 1. The molecule has 4 heteroatoms. The molecule has 0 aromatic heterocycles. The average molecular weight is 1090 g/mol. The van der Waals surface area contributed by atoms with Crippen molar-refractivity contribution in [2.45, 2.75) is 373 Å². The van der Waals surface area contributed by atoms with Crippen LogP contribution in [0.25, 0.3) is 0 Å². The van der Waals surface area contributed by atoms with Crippen LogP contribution in [0.15, 0.2) is 85.1 Å². The van der Waals surface area contributed by atoms with Crippen LogP contribution in [0.2, 0.25) is 0 Å². The number of rotatable bonds is 64. The lowest BCUT2D eigenvalue weighted by molar-refractivity contribution is -0.123. The summed E-state index contributed by atoms with van der Waals surface area (Å²) in [5.41, 5.74) is 0. The third-order valence-corrected chi connectivity index (χ3v) is 15.9. The lowest BCUT2D eigenvalue weighted by atomic mass is 10.0. The second-order valence-corrected chi connectivity index (χ2v) is 23.6. The molecule has 0 aromatic rings. The molecule has 0 aliphatic heterocycles. The van der Waals surface area contributed by atoms with Crippen molar-refractivity contribution >= 4 is 5.91 Å². The highest BCUT2D eigenvalue weighted by Gasteiger charge is 2.18. The largest absolute Gasteiger partial charge is 0.394 e. The number of amides is 1. The van der Waals surface area contributed by atoms with Crippen molar-refractivity contribution in [2.24, 2.45) is 0 Å². The Morgan fingerprint density at radius 1 is 0.321 bits per heavy atom. The van der Waals surface area contributed by atoms with Crippen LogP contribution in [-0.4, -0.2) is 34.9 Å². The van der Waals surface area contributed by atoms with E-state index < -0.39 is 12.1 Å². The van der Waals surface area contributed by atoms with Crippen LogP contribution < -0.4 is 5.32 Å². The SMILES string of the molecule is CC/C=C\C/C=C\C/C=C\C/C=C\C/C=C\CCCCCCCCCCCCCCCCCCCCCCCC(=O)NC(CO)C(O)/C=C/CC/C=C/CCCCCCCCCCCCCCCCCCCCCCCCC. The van der Waals surface area contributed by atoms with Gasteiger partial charge in [-0.2, -0.15) is 0 Å². The molecule has 2 atom stereocenters. The summed E-state index contributed by atoms with van der Waals surface area (Å²) in [7, 11) is 0. The van der Waals surface area contributed by atoms with E-state index in [1.54, 1.807) is 6.08 Å². The fraction of sp³-hybridized carbons (Fsp3) is 0.797. The fourth-order valence-electron chi connectivity index (χ4n) is 10.6. The first kappa shape index (κ1) is 75.6. The topological polar surface area (TPSA) is 69.6 Å². The minimum Gasteiger partial charge on any atom is -0.394 e. The molecule has 0 aromatic carbocycles. The molecule has 0 saturated heterocycles. The van der Waals surface area contributed by atoms with E-state index in [4.69, 9.17) is 0 Å². The molecule has 0 aliphatic carbocycles. The van der Waals surface area contributed by atoms with Crippen LogP contribution in [0.1, 0.15) is 361 Å². The molecular weight excluding hydrogens is 951 g/mol. The second kappa shape index (κ2) is 68.8. The van der Waals surface area contributed by atoms with E-state index in [1.807, 2.05) is 6.08 Å². The third-order valence-electron chi connectivity index (χ3n) is 15.9. The van der Waals surface area contributed by atoms with Crippen LogP contribution in [0, 0.1) is 0 Å². The summed E-state index contributed by atoms with van der Waals surface area (Å²) < 4.78 is 0. The predicted octanol–water partition coefficient (Wildman–Crippen LogP) is 23.8. The van der Waals surface area contributed by atoms with E-state index in [-0.39, 0.29) is 12.5 Å². The minimum absolute atomic E-state index is 0.0689. The molecule has 0 spiro atoms. The number of unbranched alkanes of at least 4 members (excludes halogenated alkanes) is 45. The quantitative estimate of drug-likeness (QED) is 0.0420. The summed E-state index contributed by atoms with van der Waals surface area (Å²) in [5, 5.41) is 23.3. The Hall–Kier alpha value is -2.43. The van der Waals surface area contributed by atoms with Gasteiger partial charge in [-0.15, -0.1) is 0 Å². The van der Waals surface area contributed by atoms with Gasteiger partial charge in [0.05, 0.1) is 18.8 Å². The molecule has 78 heavy (non-hydrogen) atoms. The van der Waals surface area contributed by atoms with Crippen LogP contribution in [0.5, 0.6) is 0 Å². The van der Waals surface area contributed by atoms with Gasteiger partial charge in [-0.1, -0.05) is 362 Å². The van der Waals surface area contributed by atoms with Crippen molar-refractivity contribution in [1.82, 2.24) is 5.32 Å². The van der Waals surface area contributed by atoms with Crippen LogP contribution >= 0.6 is 0 Å². The number of allylic oxidation sites excluding steroid dienone is 13. The van der Waals surface area contributed by atoms with E-state index in [9.17, 15) is 15.0 Å². The number of nitrogens with one attached hydrogen (secondary N) is 1. The van der Waals surface area contributed by atoms with Crippen molar-refractivity contribution < 1.29 is 15.0 Å². The zero-order valence-electron chi connectivity index (χ0n) is 52.4. The van der Waals surface area contributed by atoms with Gasteiger partial charge in [-0.3, -0.25) is 4.79 Å². The standard InChI is InChI=1S/C74H135NO3/c1-3-5-7-9-11-13-15-17-19-21-23-25-27-29-31-33-34-35-36-37-38-39-40-42-44-46-48-50-52-54-56-58-60-62-64-66-68-70-74(78)75-72(71-76)73(77)69-67-65-63-61-59-57-55-53-51-49-47-45-43-41-32-30-28-26-24-22-20-18-16-14-12-10-8-6-4-2/h5,7,11,13,17,19,23,25,29,31,59,61,67,69,72-73,76-77H,3-4,6,8-10,12,14-16,18,20-22,24,26-28,30,32-58,60,62-66,68,70-71H2,1-2H3,(H,75,78)/b7-5-,13-11-,19-17-,25-23-,31-29-,61-59+,69-67+. The van der Waals surface area contributed by atoms with Gasteiger partial charge < -0.3 is 15.5 Å². The first-order valence-electron chi connectivity index (χ1n) is 34.8. The zero-order chi connectivity index (χ0) is 56.2. The summed E-state index contributed by atoms with van der Waals surface area (Å²) in [5.74, 6) is -0.0689. The Morgan fingerprint density at radius 2 is 0.577 bits per heavy atom. The number of hydrogen-bond donors (Lipinski definition) is 3. The van der Waals surface area contributed by atoms with Crippen molar-refractivity contribution in [3.05, 3.63) is 85.1 Å². The average Bonchev–Trinajstić information content (AvgIpc) is 3.44. The van der Waals surface area contributed by atoms with Gasteiger partial charge in [0.25, 0.3) is 0 Å². The Bertz CT molecular complexity index is 1370. The maximum absolute atomic E-state index is 12.5. The molecule has 3 N–H and O–H groups in total. The number of carbonyl (C=O) groups is 1. The summed E-state index contributed by atoms with van der Waals surface area (Å²) in [6, 6.07) is -0.643. The molecule has 0 saturated carbocycles. The highest BCUT2D eigenvalue weighted by molar-refractivity contribution is 5.76. The Labute approximate surface area is 488 Å². The first-order valence-corrected chi connectivity index (χ1v) is 34.8. The second-order valence-electron chi connectivity index (χ2n) is 23.6. The normalized spacial score (nSPS) is 13.2. The Morgan fingerprint density at radius 3 is 0.897 bits per heavy atom. The lowest BCUT2D eigenvalue weighted by Gasteiger charge is -2.19. The first-order chi connectivity index (χ1) is 38.7. The maximum atomic E-state index is 12.5. The van der Waals surface area contributed by atoms with E-state index in [1.165, 1.54) is 276 Å². The fourth-order valence-corrected chi connectivity index (χ4v) is 10.6. The zero-order valence-corrected chi connectivity index (χ0v) is 52.4. The van der Waals surface area contributed by atoms with E-state index >= 15 is 0 Å². The predicted molar refractivity (Wildman–Crippen MR) is 350 cm³/mol. The van der Waals surface area contributed by atoms with Gasteiger partial charge in [-0.05, 0) is 77.0 Å². The smallest absolute Gasteiger partial charge is 0.220 e. The maximum Gasteiger partial charge on any atom is 0.220 e. The van der Waals surface area contributed by atoms with E-state index in [0.29, 0.717) is 6.42 Å². The van der Waals surface area contributed by atoms with Crippen LogP contribution in [0.3, 0.4) is 0 Å². The van der Waals surface area contributed by atoms with E-state index in [0.717, 1.165) is 64.2 Å². The van der Waals surface area contributed by atoms with Crippen LogP contribution in [-0.2, 0) is 4.79 Å². The molecule has 0 radical (unpaired) electrons. The highest BCUT2D eigenvalue weighted by Crippen LogP contribution is 2.18. The lowest BCUT2D eigenvalue weighted by Crippen LogP contribution is -2.45. The number of hydrogen-bond acceptors (Lipinski definition) is 3. The number of aliphatic hydroxyl groups is 2. The Balaban J connectivity index is 3.47. The molecule has 0 aliphatic rings. The van der Waals surface area contributed by atoms with Crippen molar-refractivity contribution in [2.75, 3.05) is 6.61 Å². The van der Waals surface area contributed by atoms with Gasteiger partial charge in [0, 0.05) is 6.42 Å². The van der Waals surface area contributed by atoms with Gasteiger partial charge in [0.15, 0.2) is 0 Å². The summed E-state index contributed by atoms with van der Waals surface area (Å²) >= 11 is 0. The molecule has 2 unspecified atom stereocenters. The van der Waals surface area contributed by atoms with Crippen LogP contribution in [0.4, 0.5) is 0 Å². The van der Waals surface area contributed by atoms with E-state index in [2.05, 4.69) is 92.1 Å². The molecule has 0 heterocycles. The van der Waals surface area contributed by atoms with Gasteiger partial charge in [0.1, 0.15) is 0 Å². The summed E-state index contributed by atoms with van der Waals surface area (Å²) in [6.45, 7) is 4.22. The monoisotopic (exact) mass is 1090 g/mol. The Kier molecular flexibility index (Phi) is 66.7. The number of aliphatic hydroxyl groups excluding tert-OH is 2. The highest BCUT2D eigenvalue weighted by atomic mass is 16.3. The van der Waals surface area contributed by atoms with Crippen molar-refractivity contribution in [3.63, 3.8) is 0 Å². The summed E-state index contributed by atoms with van der Waals surface area (Å²) in [4.78, 5) is 12.5. The summed E-state index contributed by atoms with van der Waals surface area (Å²) in [6.07, 6.45) is 101. The molecule has 4 nitrogen and oxygen atoms in total. The third kappa shape index (κ3) is 64.4. The van der Waals surface area contributed by atoms with Crippen molar-refractivity contribution in [1.29, 1.82) is 0 Å². The minimum atomic E-state index is -0.866. The molecule has 0 rings (SSSR count).